The number of pyridine rings is 3. The summed E-state index contributed by atoms with van der Waals surface area (Å²) in [4.78, 5) is 29.4. The lowest BCUT2D eigenvalue weighted by atomic mass is 9.81. The van der Waals surface area contributed by atoms with E-state index in [1.165, 1.54) is 18.5 Å². The van der Waals surface area contributed by atoms with Crippen LogP contribution in [0.1, 0.15) is 36.6 Å². The van der Waals surface area contributed by atoms with Gasteiger partial charge in [0.2, 0.25) is 0 Å². The zero-order chi connectivity index (χ0) is 20.0. The summed E-state index contributed by atoms with van der Waals surface area (Å²) in [5.41, 5.74) is 5.94. The summed E-state index contributed by atoms with van der Waals surface area (Å²) >= 11 is 0. The fourth-order valence-electron chi connectivity index (χ4n) is 4.72. The Labute approximate surface area is 170 Å². The molecule has 6 heteroatoms. The number of hydrogen-bond acceptors (Lipinski definition) is 5. The maximum atomic E-state index is 12.2. The molecule has 2 fully saturated rings. The van der Waals surface area contributed by atoms with Crippen molar-refractivity contribution in [2.24, 2.45) is 0 Å². The number of piperazine rings is 1. The van der Waals surface area contributed by atoms with E-state index < -0.39 is 0 Å². The molecule has 0 radical (unpaired) electrons. The van der Waals surface area contributed by atoms with Crippen LogP contribution in [0.15, 0.2) is 41.5 Å². The Kier molecular flexibility index (Phi) is 4.59. The molecule has 29 heavy (non-hydrogen) atoms. The molecule has 1 aliphatic heterocycles. The van der Waals surface area contributed by atoms with Crippen molar-refractivity contribution in [1.29, 1.82) is 0 Å². The number of anilines is 1. The highest BCUT2D eigenvalue weighted by Gasteiger charge is 2.42. The molecule has 0 amide bonds. The van der Waals surface area contributed by atoms with Crippen LogP contribution in [0.25, 0.3) is 11.0 Å². The highest BCUT2D eigenvalue weighted by Crippen LogP contribution is 2.37. The van der Waals surface area contributed by atoms with Gasteiger partial charge in [-0.3, -0.25) is 19.7 Å². The van der Waals surface area contributed by atoms with Crippen LogP contribution in [0.3, 0.4) is 0 Å². The number of nitrogens with zero attached hydrogens (tertiary/aromatic N) is 4. The van der Waals surface area contributed by atoms with Gasteiger partial charge in [0.25, 0.3) is 5.56 Å². The molecular weight excluding hydrogens is 362 g/mol. The number of rotatable bonds is 4. The third-order valence-corrected chi connectivity index (χ3v) is 6.52. The van der Waals surface area contributed by atoms with Crippen LogP contribution in [0.5, 0.6) is 0 Å². The van der Waals surface area contributed by atoms with E-state index in [9.17, 15) is 4.79 Å². The Hall–Kier alpha value is -2.73. The molecule has 4 heterocycles. The maximum absolute atomic E-state index is 12.2. The predicted molar refractivity (Wildman–Crippen MR) is 115 cm³/mol. The first kappa shape index (κ1) is 18.3. The van der Waals surface area contributed by atoms with E-state index in [2.05, 4.69) is 43.0 Å². The molecule has 2 aliphatic rings. The van der Waals surface area contributed by atoms with Gasteiger partial charge in [-0.1, -0.05) is 6.92 Å². The number of H-pyrrole nitrogens is 1. The standard InChI is InChI=1S/C23H27N5O/c1-3-17-11-19-20(26-23(17)29)10-16(12-25-19)14-27-8-9-28(22-7-6-21(22)27)18-5-4-15(2)24-13-18/h4-5,10-13,21-22H,3,6-9,14H2,1-2H3,(H,26,29). The molecule has 0 spiro atoms. The Bertz CT molecular complexity index is 1090. The lowest BCUT2D eigenvalue weighted by Crippen LogP contribution is -2.64. The Balaban J connectivity index is 1.34. The fourth-order valence-corrected chi connectivity index (χ4v) is 4.72. The zero-order valence-electron chi connectivity index (χ0n) is 17.1. The van der Waals surface area contributed by atoms with E-state index in [-0.39, 0.29) is 5.56 Å². The third kappa shape index (κ3) is 3.31. The lowest BCUT2D eigenvalue weighted by molar-refractivity contribution is 0.0658. The topological polar surface area (TPSA) is 65.1 Å². The first-order chi connectivity index (χ1) is 14.1. The molecule has 0 aromatic carbocycles. The zero-order valence-corrected chi connectivity index (χ0v) is 17.1. The minimum absolute atomic E-state index is 0.00155. The number of aromatic nitrogens is 3. The van der Waals surface area contributed by atoms with Gasteiger partial charge in [0.15, 0.2) is 0 Å². The molecule has 2 atom stereocenters. The quantitative estimate of drug-likeness (QED) is 0.743. The van der Waals surface area contributed by atoms with Gasteiger partial charge < -0.3 is 9.88 Å². The number of aryl methyl sites for hydroxylation is 2. The number of nitrogens with one attached hydrogen (secondary N) is 1. The molecule has 6 nitrogen and oxygen atoms in total. The lowest BCUT2D eigenvalue weighted by Gasteiger charge is -2.54. The number of fused-ring (bicyclic) bond motifs is 2. The van der Waals surface area contributed by atoms with Crippen molar-refractivity contribution in [2.75, 3.05) is 18.0 Å². The van der Waals surface area contributed by atoms with E-state index in [0.717, 1.165) is 53.9 Å². The Morgan fingerprint density at radius 2 is 1.97 bits per heavy atom. The summed E-state index contributed by atoms with van der Waals surface area (Å²) in [7, 11) is 0. The van der Waals surface area contributed by atoms with Gasteiger partial charge in [-0.25, -0.2) is 0 Å². The highest BCUT2D eigenvalue weighted by molar-refractivity contribution is 5.74. The van der Waals surface area contributed by atoms with Crippen molar-refractivity contribution >= 4 is 16.7 Å². The molecule has 2 unspecified atom stereocenters. The molecular formula is C23H27N5O. The molecule has 1 N–H and O–H groups in total. The van der Waals surface area contributed by atoms with Crippen LogP contribution >= 0.6 is 0 Å². The van der Waals surface area contributed by atoms with Crippen molar-refractivity contribution in [2.45, 2.75) is 51.7 Å². The average molecular weight is 390 g/mol. The first-order valence-corrected chi connectivity index (χ1v) is 10.6. The first-order valence-electron chi connectivity index (χ1n) is 10.6. The minimum atomic E-state index is -0.00155. The van der Waals surface area contributed by atoms with Crippen LogP contribution in [0.2, 0.25) is 0 Å². The van der Waals surface area contributed by atoms with Gasteiger partial charge >= 0.3 is 0 Å². The normalized spacial score (nSPS) is 21.8. The third-order valence-electron chi connectivity index (χ3n) is 6.52. The van der Waals surface area contributed by atoms with Crippen LogP contribution in [0.4, 0.5) is 5.69 Å². The Morgan fingerprint density at radius 3 is 2.69 bits per heavy atom. The van der Waals surface area contributed by atoms with E-state index in [1.54, 1.807) is 0 Å². The van der Waals surface area contributed by atoms with E-state index in [1.807, 2.05) is 32.3 Å². The summed E-state index contributed by atoms with van der Waals surface area (Å²) in [5.74, 6) is 0. The van der Waals surface area contributed by atoms with Gasteiger partial charge in [-0.05, 0) is 56.0 Å². The van der Waals surface area contributed by atoms with E-state index >= 15 is 0 Å². The van der Waals surface area contributed by atoms with E-state index in [4.69, 9.17) is 0 Å². The number of hydrogen-bond donors (Lipinski definition) is 1. The summed E-state index contributed by atoms with van der Waals surface area (Å²) in [6.07, 6.45) is 7.16. The van der Waals surface area contributed by atoms with Gasteiger partial charge in [0, 0.05) is 49.2 Å². The molecule has 3 aromatic heterocycles. The Morgan fingerprint density at radius 1 is 1.10 bits per heavy atom. The monoisotopic (exact) mass is 389 g/mol. The van der Waals surface area contributed by atoms with Gasteiger partial charge in [0.1, 0.15) is 0 Å². The van der Waals surface area contributed by atoms with Gasteiger partial charge in [-0.2, -0.15) is 0 Å². The molecule has 150 valence electrons. The molecule has 5 rings (SSSR count). The van der Waals surface area contributed by atoms with Crippen LogP contribution in [0, 0.1) is 6.92 Å². The molecule has 3 aromatic rings. The molecule has 1 aliphatic carbocycles. The van der Waals surface area contributed by atoms with Gasteiger partial charge in [-0.15, -0.1) is 0 Å². The van der Waals surface area contributed by atoms with Crippen molar-refractivity contribution in [3.63, 3.8) is 0 Å². The van der Waals surface area contributed by atoms with E-state index in [0.29, 0.717) is 12.1 Å². The molecule has 1 saturated carbocycles. The highest BCUT2D eigenvalue weighted by atomic mass is 16.1. The van der Waals surface area contributed by atoms with Crippen molar-refractivity contribution in [3.8, 4) is 0 Å². The summed E-state index contributed by atoms with van der Waals surface area (Å²) < 4.78 is 0. The van der Waals surface area contributed by atoms with Crippen LogP contribution in [-0.4, -0.2) is 45.0 Å². The minimum Gasteiger partial charge on any atom is -0.364 e. The van der Waals surface area contributed by atoms with Crippen molar-refractivity contribution < 1.29 is 0 Å². The van der Waals surface area contributed by atoms with Gasteiger partial charge in [0.05, 0.1) is 22.9 Å². The second-order valence-corrected chi connectivity index (χ2v) is 8.29. The molecule has 0 bridgehead atoms. The van der Waals surface area contributed by atoms with Crippen molar-refractivity contribution in [1.82, 2.24) is 19.9 Å². The molecule has 1 saturated heterocycles. The summed E-state index contributed by atoms with van der Waals surface area (Å²) in [6, 6.07) is 9.43. The predicted octanol–water partition coefficient (Wildman–Crippen LogP) is 3.04. The second-order valence-electron chi connectivity index (χ2n) is 8.29. The average Bonchev–Trinajstić information content (AvgIpc) is 2.69. The van der Waals surface area contributed by atoms with Crippen LogP contribution < -0.4 is 10.5 Å². The van der Waals surface area contributed by atoms with Crippen LogP contribution in [-0.2, 0) is 13.0 Å². The largest absolute Gasteiger partial charge is 0.364 e. The number of aromatic amines is 1. The fraction of sp³-hybridized carbons (Fsp3) is 0.435. The summed E-state index contributed by atoms with van der Waals surface area (Å²) in [5, 5.41) is 0. The van der Waals surface area contributed by atoms with Crippen molar-refractivity contribution in [3.05, 3.63) is 63.8 Å². The maximum Gasteiger partial charge on any atom is 0.251 e. The smallest absolute Gasteiger partial charge is 0.251 e. The second kappa shape index (κ2) is 7.26. The SMILES string of the molecule is CCc1cc2ncc(CN3CCN(c4ccc(C)nc4)C4CCC43)cc2[nH]c1=O. The summed E-state index contributed by atoms with van der Waals surface area (Å²) in [6.45, 7) is 6.94.